The Kier molecular flexibility index (Phi) is 10.7. The van der Waals surface area contributed by atoms with Gasteiger partial charge in [-0.2, -0.15) is 0 Å². The number of hydrogen-bond donors (Lipinski definition) is 2. The molecule has 0 amide bonds. The first-order valence-electron chi connectivity index (χ1n) is 8.10. The molecule has 0 heterocycles. The van der Waals surface area contributed by atoms with Crippen LogP contribution in [-0.2, 0) is 4.65 Å². The average molecular weight is 272 g/mol. The molecule has 3 nitrogen and oxygen atoms in total. The summed E-state index contributed by atoms with van der Waals surface area (Å²) in [5.41, 5.74) is -0.358. The third kappa shape index (κ3) is 6.78. The summed E-state index contributed by atoms with van der Waals surface area (Å²) < 4.78 is 5.64. The van der Waals surface area contributed by atoms with Crippen molar-refractivity contribution in [1.29, 1.82) is 0 Å². The molecule has 1 unspecified atom stereocenters. The van der Waals surface area contributed by atoms with Gasteiger partial charge in [-0.15, -0.1) is 0 Å². The van der Waals surface area contributed by atoms with Crippen LogP contribution in [0.4, 0.5) is 0 Å². The molecule has 114 valence electrons. The molecule has 1 atom stereocenters. The van der Waals surface area contributed by atoms with Crippen LogP contribution >= 0.6 is 0 Å². The van der Waals surface area contributed by atoms with E-state index in [1.54, 1.807) is 0 Å². The van der Waals surface area contributed by atoms with E-state index >= 15 is 0 Å². The maximum Gasteiger partial charge on any atom is 0.634 e. The monoisotopic (exact) mass is 272 g/mol. The minimum Gasteiger partial charge on any atom is -0.402 e. The van der Waals surface area contributed by atoms with E-state index in [0.717, 1.165) is 44.9 Å². The van der Waals surface area contributed by atoms with Gasteiger partial charge in [0, 0.05) is 0 Å². The predicted octanol–water partition coefficient (Wildman–Crippen LogP) is 3.92. The van der Waals surface area contributed by atoms with Crippen LogP contribution < -0.4 is 0 Å². The third-order valence-corrected chi connectivity index (χ3v) is 3.97. The fourth-order valence-electron chi connectivity index (χ4n) is 3.27. The zero-order chi connectivity index (χ0) is 14.7. The van der Waals surface area contributed by atoms with Crippen molar-refractivity contribution in [3.05, 3.63) is 0 Å². The molecule has 19 heavy (non-hydrogen) atoms. The van der Waals surface area contributed by atoms with E-state index in [4.69, 9.17) is 4.65 Å². The molecule has 0 aromatic rings. The summed E-state index contributed by atoms with van der Waals surface area (Å²) in [7, 11) is -1.65. The fourth-order valence-corrected chi connectivity index (χ4v) is 3.27. The molecular formula is C15H33BO3. The van der Waals surface area contributed by atoms with Crippen molar-refractivity contribution in [2.24, 2.45) is 5.92 Å². The van der Waals surface area contributed by atoms with Gasteiger partial charge in [-0.05, 0) is 31.6 Å². The lowest BCUT2D eigenvalue weighted by molar-refractivity contribution is -0.0504. The Hall–Kier alpha value is -0.0551. The molecule has 0 aliphatic rings. The van der Waals surface area contributed by atoms with Crippen molar-refractivity contribution in [2.75, 3.05) is 0 Å². The summed E-state index contributed by atoms with van der Waals surface area (Å²) in [6.45, 7) is 8.67. The van der Waals surface area contributed by atoms with Gasteiger partial charge in [0.1, 0.15) is 0 Å². The SMILES string of the molecule is CCCCC(CCC)C(CCC)(CCC)OB(O)O. The summed E-state index contributed by atoms with van der Waals surface area (Å²) in [5.74, 6) is 0.430. The van der Waals surface area contributed by atoms with E-state index in [-0.39, 0.29) is 5.60 Å². The Morgan fingerprint density at radius 2 is 1.47 bits per heavy atom. The maximum atomic E-state index is 9.32. The number of rotatable bonds is 12. The van der Waals surface area contributed by atoms with Gasteiger partial charge in [-0.25, -0.2) is 0 Å². The molecule has 0 saturated carbocycles. The van der Waals surface area contributed by atoms with Crippen LogP contribution in [0, 0.1) is 5.92 Å². The largest absolute Gasteiger partial charge is 0.634 e. The summed E-state index contributed by atoms with van der Waals surface area (Å²) in [6.07, 6.45) is 9.55. The summed E-state index contributed by atoms with van der Waals surface area (Å²) in [4.78, 5) is 0. The summed E-state index contributed by atoms with van der Waals surface area (Å²) in [6, 6.07) is 0. The normalized spacial score (nSPS) is 13.6. The first-order valence-corrected chi connectivity index (χ1v) is 8.10. The smallest absolute Gasteiger partial charge is 0.402 e. The highest BCUT2D eigenvalue weighted by atomic mass is 16.6. The lowest BCUT2D eigenvalue weighted by Crippen LogP contribution is -2.45. The Morgan fingerprint density at radius 1 is 0.895 bits per heavy atom. The van der Waals surface area contributed by atoms with Gasteiger partial charge in [-0.1, -0.05) is 59.8 Å². The quantitative estimate of drug-likeness (QED) is 0.529. The molecule has 2 N–H and O–H groups in total. The third-order valence-electron chi connectivity index (χ3n) is 3.97. The zero-order valence-electron chi connectivity index (χ0n) is 13.3. The van der Waals surface area contributed by atoms with Crippen molar-refractivity contribution < 1.29 is 14.7 Å². The van der Waals surface area contributed by atoms with Crippen LogP contribution in [0.2, 0.25) is 0 Å². The summed E-state index contributed by atoms with van der Waals surface area (Å²) >= 11 is 0. The molecule has 0 aliphatic carbocycles. The van der Waals surface area contributed by atoms with Crippen molar-refractivity contribution >= 4 is 7.32 Å². The van der Waals surface area contributed by atoms with E-state index in [0.29, 0.717) is 5.92 Å². The van der Waals surface area contributed by atoms with Crippen LogP contribution in [0.3, 0.4) is 0 Å². The van der Waals surface area contributed by atoms with Gasteiger partial charge in [0.25, 0.3) is 0 Å². The number of hydrogen-bond acceptors (Lipinski definition) is 3. The fraction of sp³-hybridized carbons (Fsp3) is 1.00. The molecule has 4 heteroatoms. The van der Waals surface area contributed by atoms with Gasteiger partial charge >= 0.3 is 7.32 Å². The van der Waals surface area contributed by atoms with Crippen LogP contribution in [0.25, 0.3) is 0 Å². The van der Waals surface area contributed by atoms with E-state index in [2.05, 4.69) is 27.7 Å². The second kappa shape index (κ2) is 10.7. The lowest BCUT2D eigenvalue weighted by Gasteiger charge is -2.41. The molecule has 0 fully saturated rings. The minimum atomic E-state index is -1.65. The molecule has 0 spiro atoms. The molecule has 0 aliphatic heterocycles. The standard InChI is InChI=1S/C15H33BO3/c1-5-9-11-14(10-6-2)15(12-7-3,13-8-4)19-16(17)18/h14,17-18H,5-13H2,1-4H3. The van der Waals surface area contributed by atoms with Crippen LogP contribution in [-0.4, -0.2) is 23.0 Å². The van der Waals surface area contributed by atoms with E-state index in [1.807, 2.05) is 0 Å². The van der Waals surface area contributed by atoms with Crippen molar-refractivity contribution in [3.63, 3.8) is 0 Å². The zero-order valence-corrected chi connectivity index (χ0v) is 13.3. The Balaban J connectivity index is 5.05. The van der Waals surface area contributed by atoms with E-state index in [1.165, 1.54) is 12.8 Å². The Bertz CT molecular complexity index is 204. The molecule has 0 bridgehead atoms. The van der Waals surface area contributed by atoms with Crippen LogP contribution in [0.1, 0.15) is 85.5 Å². The number of unbranched alkanes of at least 4 members (excludes halogenated alkanes) is 1. The maximum absolute atomic E-state index is 9.32. The minimum absolute atomic E-state index is 0.358. The molecule has 0 aromatic heterocycles. The molecule has 0 radical (unpaired) electrons. The first kappa shape index (κ1) is 18.9. The lowest BCUT2D eigenvalue weighted by atomic mass is 9.74. The predicted molar refractivity (Wildman–Crippen MR) is 81.7 cm³/mol. The van der Waals surface area contributed by atoms with Gasteiger partial charge in [0.05, 0.1) is 5.60 Å². The van der Waals surface area contributed by atoms with Gasteiger partial charge in [-0.3, -0.25) is 0 Å². The second-order valence-electron chi connectivity index (χ2n) is 5.64. The molecule has 0 saturated heterocycles. The summed E-state index contributed by atoms with van der Waals surface area (Å²) in [5, 5.41) is 18.6. The highest BCUT2D eigenvalue weighted by Gasteiger charge is 2.40. The highest BCUT2D eigenvalue weighted by Crippen LogP contribution is 2.38. The molecule has 0 aromatic carbocycles. The van der Waals surface area contributed by atoms with Gasteiger partial charge in [0.2, 0.25) is 0 Å². The highest BCUT2D eigenvalue weighted by molar-refractivity contribution is 6.32. The Morgan fingerprint density at radius 3 is 1.84 bits per heavy atom. The van der Waals surface area contributed by atoms with Crippen LogP contribution in [0.15, 0.2) is 0 Å². The average Bonchev–Trinajstić information content (AvgIpc) is 2.34. The van der Waals surface area contributed by atoms with Crippen molar-refractivity contribution in [2.45, 2.75) is 91.1 Å². The second-order valence-corrected chi connectivity index (χ2v) is 5.64. The van der Waals surface area contributed by atoms with Gasteiger partial charge in [0.15, 0.2) is 0 Å². The van der Waals surface area contributed by atoms with E-state index in [9.17, 15) is 10.0 Å². The molecular weight excluding hydrogens is 239 g/mol. The topological polar surface area (TPSA) is 49.7 Å². The van der Waals surface area contributed by atoms with E-state index < -0.39 is 7.32 Å². The van der Waals surface area contributed by atoms with Crippen molar-refractivity contribution in [3.8, 4) is 0 Å². The Labute approximate surface area is 119 Å². The van der Waals surface area contributed by atoms with Crippen molar-refractivity contribution in [1.82, 2.24) is 0 Å². The first-order chi connectivity index (χ1) is 9.06. The van der Waals surface area contributed by atoms with Gasteiger partial charge < -0.3 is 14.7 Å². The van der Waals surface area contributed by atoms with Crippen LogP contribution in [0.5, 0.6) is 0 Å². The molecule has 0 rings (SSSR count).